The molecule has 1 aromatic rings. The Bertz CT molecular complexity index is 536. The Kier molecular flexibility index (Phi) is 6.16. The summed E-state index contributed by atoms with van der Waals surface area (Å²) in [4.78, 5) is 25.7. The van der Waals surface area contributed by atoms with Gasteiger partial charge in [0, 0.05) is 24.7 Å². The van der Waals surface area contributed by atoms with E-state index >= 15 is 0 Å². The molecule has 5 nitrogen and oxygen atoms in total. The van der Waals surface area contributed by atoms with Gasteiger partial charge < -0.3 is 10.6 Å². The molecule has 0 bridgehead atoms. The number of benzene rings is 1. The molecule has 1 aliphatic rings. The normalized spacial score (nSPS) is 14.1. The summed E-state index contributed by atoms with van der Waals surface area (Å²) in [5.41, 5.74) is 1.78. The van der Waals surface area contributed by atoms with Crippen LogP contribution in [0, 0.1) is 5.92 Å². The van der Waals surface area contributed by atoms with Gasteiger partial charge in [0.05, 0.1) is 6.54 Å². The van der Waals surface area contributed by atoms with Crippen molar-refractivity contribution in [1.82, 2.24) is 15.5 Å². The Labute approximate surface area is 138 Å². The van der Waals surface area contributed by atoms with Crippen LogP contribution < -0.4 is 10.6 Å². The molecule has 5 heteroatoms. The molecule has 0 saturated heterocycles. The van der Waals surface area contributed by atoms with E-state index in [0.717, 1.165) is 18.4 Å². The van der Waals surface area contributed by atoms with E-state index in [-0.39, 0.29) is 11.8 Å². The van der Waals surface area contributed by atoms with Crippen LogP contribution >= 0.6 is 0 Å². The van der Waals surface area contributed by atoms with Gasteiger partial charge in [-0.25, -0.2) is 0 Å². The van der Waals surface area contributed by atoms with Gasteiger partial charge >= 0.3 is 0 Å². The third kappa shape index (κ3) is 6.40. The van der Waals surface area contributed by atoms with Crippen molar-refractivity contribution in [1.29, 1.82) is 0 Å². The van der Waals surface area contributed by atoms with E-state index in [1.54, 1.807) is 0 Å². The number of carbonyl (C=O) groups excluding carboxylic acids is 2. The smallest absolute Gasteiger partial charge is 0.251 e. The standard InChI is InChI=1S/C18H27N3O2/c1-13(2)10-19-17(22)12-21(3)11-14-4-6-15(7-5-14)18(23)20-16-8-9-16/h4-7,13,16H,8-12H2,1-3H3,(H,19,22)(H,20,23). The van der Waals surface area contributed by atoms with Gasteiger partial charge in [-0.2, -0.15) is 0 Å². The highest BCUT2D eigenvalue weighted by atomic mass is 16.2. The molecule has 2 N–H and O–H groups in total. The van der Waals surface area contributed by atoms with Crippen molar-refractivity contribution < 1.29 is 9.59 Å². The van der Waals surface area contributed by atoms with Gasteiger partial charge in [0.2, 0.25) is 5.91 Å². The highest BCUT2D eigenvalue weighted by molar-refractivity contribution is 5.94. The molecule has 0 aromatic heterocycles. The van der Waals surface area contributed by atoms with Crippen molar-refractivity contribution in [2.24, 2.45) is 5.92 Å². The van der Waals surface area contributed by atoms with Crippen molar-refractivity contribution in [2.45, 2.75) is 39.3 Å². The molecule has 1 aliphatic carbocycles. The van der Waals surface area contributed by atoms with E-state index in [1.165, 1.54) is 0 Å². The Balaban J connectivity index is 1.77. The third-order valence-corrected chi connectivity index (χ3v) is 3.70. The minimum atomic E-state index is 0.000433. The summed E-state index contributed by atoms with van der Waals surface area (Å²) < 4.78 is 0. The van der Waals surface area contributed by atoms with E-state index in [4.69, 9.17) is 0 Å². The SMILES string of the molecule is CC(C)CNC(=O)CN(C)Cc1ccc(C(=O)NC2CC2)cc1. The Morgan fingerprint density at radius 1 is 1.22 bits per heavy atom. The minimum Gasteiger partial charge on any atom is -0.355 e. The fourth-order valence-corrected chi connectivity index (χ4v) is 2.24. The molecule has 0 spiro atoms. The van der Waals surface area contributed by atoms with Crippen molar-refractivity contribution in [3.8, 4) is 0 Å². The lowest BCUT2D eigenvalue weighted by molar-refractivity contribution is -0.122. The van der Waals surface area contributed by atoms with E-state index in [2.05, 4.69) is 24.5 Å². The first-order chi connectivity index (χ1) is 10.9. The molecule has 1 aromatic carbocycles. The molecule has 2 amide bonds. The fourth-order valence-electron chi connectivity index (χ4n) is 2.24. The molecule has 2 rings (SSSR count). The van der Waals surface area contributed by atoms with Crippen LogP contribution in [0.5, 0.6) is 0 Å². The van der Waals surface area contributed by atoms with Gasteiger partial charge in [-0.3, -0.25) is 14.5 Å². The van der Waals surface area contributed by atoms with Gasteiger partial charge in [0.15, 0.2) is 0 Å². The number of rotatable bonds is 8. The van der Waals surface area contributed by atoms with Crippen molar-refractivity contribution in [2.75, 3.05) is 20.1 Å². The Hall–Kier alpha value is -1.88. The lowest BCUT2D eigenvalue weighted by Gasteiger charge is -2.17. The maximum absolute atomic E-state index is 11.9. The van der Waals surface area contributed by atoms with Crippen LogP contribution in [-0.4, -0.2) is 42.9 Å². The second kappa shape index (κ2) is 8.11. The fraction of sp³-hybridized carbons (Fsp3) is 0.556. The largest absolute Gasteiger partial charge is 0.355 e. The highest BCUT2D eigenvalue weighted by Gasteiger charge is 2.23. The van der Waals surface area contributed by atoms with Crippen molar-refractivity contribution >= 4 is 11.8 Å². The van der Waals surface area contributed by atoms with Gasteiger partial charge in [-0.1, -0.05) is 26.0 Å². The Morgan fingerprint density at radius 2 is 1.87 bits per heavy atom. The summed E-state index contributed by atoms with van der Waals surface area (Å²) in [5, 5.41) is 5.89. The topological polar surface area (TPSA) is 61.4 Å². The number of likely N-dealkylation sites (N-methyl/N-ethyl adjacent to an activating group) is 1. The number of hydrogen-bond donors (Lipinski definition) is 2. The predicted octanol–water partition coefficient (Wildman–Crippen LogP) is 1.78. The van der Waals surface area contributed by atoms with Gasteiger partial charge in [0.25, 0.3) is 5.91 Å². The first-order valence-corrected chi connectivity index (χ1v) is 8.29. The van der Waals surface area contributed by atoms with E-state index < -0.39 is 0 Å². The average molecular weight is 317 g/mol. The van der Waals surface area contributed by atoms with Crippen LogP contribution in [0.15, 0.2) is 24.3 Å². The zero-order valence-electron chi connectivity index (χ0n) is 14.3. The van der Waals surface area contributed by atoms with Crippen molar-refractivity contribution in [3.63, 3.8) is 0 Å². The second-order valence-corrected chi connectivity index (χ2v) is 6.81. The Morgan fingerprint density at radius 3 is 2.43 bits per heavy atom. The van der Waals surface area contributed by atoms with Crippen LogP contribution in [0.2, 0.25) is 0 Å². The third-order valence-electron chi connectivity index (χ3n) is 3.70. The van der Waals surface area contributed by atoms with Crippen LogP contribution in [0.3, 0.4) is 0 Å². The van der Waals surface area contributed by atoms with E-state index in [0.29, 0.717) is 37.2 Å². The number of nitrogens with one attached hydrogen (secondary N) is 2. The molecule has 0 radical (unpaired) electrons. The summed E-state index contributed by atoms with van der Waals surface area (Å²) in [7, 11) is 1.92. The molecule has 126 valence electrons. The number of carbonyl (C=O) groups is 2. The molecule has 0 heterocycles. The molecule has 1 saturated carbocycles. The maximum atomic E-state index is 11.9. The molecule has 0 unspecified atom stereocenters. The monoisotopic (exact) mass is 317 g/mol. The number of nitrogens with zero attached hydrogens (tertiary/aromatic N) is 1. The molecule has 1 fully saturated rings. The predicted molar refractivity (Wildman–Crippen MR) is 91.1 cm³/mol. The molecular weight excluding hydrogens is 290 g/mol. The minimum absolute atomic E-state index is 0.000433. The quantitative estimate of drug-likeness (QED) is 0.768. The summed E-state index contributed by atoms with van der Waals surface area (Å²) in [6, 6.07) is 7.96. The first kappa shape index (κ1) is 17.5. The number of amides is 2. The zero-order chi connectivity index (χ0) is 16.8. The average Bonchev–Trinajstić information content (AvgIpc) is 3.29. The van der Waals surface area contributed by atoms with Gasteiger partial charge in [-0.15, -0.1) is 0 Å². The van der Waals surface area contributed by atoms with E-state index in [1.807, 2.05) is 36.2 Å². The van der Waals surface area contributed by atoms with Crippen LogP contribution in [0.4, 0.5) is 0 Å². The maximum Gasteiger partial charge on any atom is 0.251 e. The van der Waals surface area contributed by atoms with Crippen LogP contribution in [0.25, 0.3) is 0 Å². The lowest BCUT2D eigenvalue weighted by atomic mass is 10.1. The summed E-state index contributed by atoms with van der Waals surface area (Å²) in [6.45, 7) is 5.91. The molecule has 0 atom stereocenters. The van der Waals surface area contributed by atoms with E-state index in [9.17, 15) is 9.59 Å². The zero-order valence-corrected chi connectivity index (χ0v) is 14.3. The first-order valence-electron chi connectivity index (χ1n) is 8.29. The number of hydrogen-bond acceptors (Lipinski definition) is 3. The molecule has 23 heavy (non-hydrogen) atoms. The van der Waals surface area contributed by atoms with Gasteiger partial charge in [0.1, 0.15) is 0 Å². The molecule has 0 aliphatic heterocycles. The van der Waals surface area contributed by atoms with Crippen LogP contribution in [-0.2, 0) is 11.3 Å². The van der Waals surface area contributed by atoms with Crippen molar-refractivity contribution in [3.05, 3.63) is 35.4 Å². The highest BCUT2D eigenvalue weighted by Crippen LogP contribution is 2.19. The van der Waals surface area contributed by atoms with Gasteiger partial charge in [-0.05, 0) is 43.5 Å². The second-order valence-electron chi connectivity index (χ2n) is 6.81. The molecular formula is C18H27N3O2. The summed E-state index contributed by atoms with van der Waals surface area (Å²) >= 11 is 0. The lowest BCUT2D eigenvalue weighted by Crippen LogP contribution is -2.36. The summed E-state index contributed by atoms with van der Waals surface area (Å²) in [5.74, 6) is 0.501. The summed E-state index contributed by atoms with van der Waals surface area (Å²) in [6.07, 6.45) is 2.18. The van der Waals surface area contributed by atoms with Crippen LogP contribution in [0.1, 0.15) is 42.6 Å².